The Morgan fingerprint density at radius 1 is 1.11 bits per heavy atom. The van der Waals surface area contributed by atoms with Gasteiger partial charge in [0.15, 0.2) is 0 Å². The van der Waals surface area contributed by atoms with Crippen LogP contribution in [0.25, 0.3) is 11.3 Å². The fraction of sp³-hybridized carbons (Fsp3) is 0.467. The van der Waals surface area contributed by atoms with E-state index in [1.54, 1.807) is 19.9 Å². The van der Waals surface area contributed by atoms with Gasteiger partial charge in [-0.05, 0) is 26.0 Å². The second-order valence-electron chi connectivity index (χ2n) is 6.06. The van der Waals surface area contributed by atoms with E-state index in [1.165, 1.54) is 12.3 Å². The zero-order chi connectivity index (χ0) is 19.9. The molecule has 3 heterocycles. The summed E-state index contributed by atoms with van der Waals surface area (Å²) in [4.78, 5) is 4.19. The summed E-state index contributed by atoms with van der Waals surface area (Å²) in [6.45, 7) is 3.49. The third kappa shape index (κ3) is 3.81. The van der Waals surface area contributed by atoms with Crippen LogP contribution in [0.2, 0.25) is 0 Å². The monoisotopic (exact) mass is 402 g/mol. The first-order valence-electron chi connectivity index (χ1n) is 7.81. The Labute approximate surface area is 153 Å². The largest absolute Gasteiger partial charge is 0.460 e. The van der Waals surface area contributed by atoms with Crippen LogP contribution in [0.15, 0.2) is 22.9 Å². The van der Waals surface area contributed by atoms with Crippen molar-refractivity contribution >= 4 is 10.1 Å². The van der Waals surface area contributed by atoms with Crippen LogP contribution in [0.5, 0.6) is 5.75 Å². The summed E-state index contributed by atoms with van der Waals surface area (Å²) >= 11 is 0. The summed E-state index contributed by atoms with van der Waals surface area (Å²) in [5, 5.41) is 33.2. The fourth-order valence-corrected chi connectivity index (χ4v) is 3.51. The van der Waals surface area contributed by atoms with Crippen LogP contribution in [0.4, 0.5) is 0 Å². The van der Waals surface area contributed by atoms with E-state index in [4.69, 9.17) is 18.5 Å². The second-order valence-corrected chi connectivity index (χ2v) is 7.55. The van der Waals surface area contributed by atoms with Crippen LogP contribution < -0.4 is 4.74 Å². The highest BCUT2D eigenvalue weighted by Crippen LogP contribution is 2.29. The molecule has 0 saturated carbocycles. The van der Waals surface area contributed by atoms with E-state index in [0.717, 1.165) is 0 Å². The molecule has 1 aliphatic rings. The minimum Gasteiger partial charge on any atom is -0.460 e. The summed E-state index contributed by atoms with van der Waals surface area (Å²) in [5.74, 6) is 0.667. The number of ether oxygens (including phenoxy) is 2. The zero-order valence-electron chi connectivity index (χ0n) is 14.3. The number of hydrogen-bond acceptors (Lipinski definition) is 10. The fourth-order valence-electron chi connectivity index (χ4n) is 2.74. The maximum atomic E-state index is 11.3. The van der Waals surface area contributed by atoms with Crippen LogP contribution in [-0.4, -0.2) is 68.5 Å². The molecule has 27 heavy (non-hydrogen) atoms. The van der Waals surface area contributed by atoms with Crippen LogP contribution in [0.3, 0.4) is 0 Å². The van der Waals surface area contributed by atoms with Gasteiger partial charge in [-0.25, -0.2) is 0 Å². The van der Waals surface area contributed by atoms with Gasteiger partial charge in [-0.3, -0.25) is 9.54 Å². The van der Waals surface area contributed by atoms with Crippen molar-refractivity contribution in [3.05, 3.63) is 29.8 Å². The maximum absolute atomic E-state index is 11.3. The number of aliphatic hydroxyl groups is 3. The van der Waals surface area contributed by atoms with Gasteiger partial charge in [-0.1, -0.05) is 5.16 Å². The summed E-state index contributed by atoms with van der Waals surface area (Å²) in [6, 6.07) is 3.06. The molecule has 1 fully saturated rings. The van der Waals surface area contributed by atoms with Crippen molar-refractivity contribution < 1.29 is 42.3 Å². The molecule has 1 saturated heterocycles. The molecule has 4 N–H and O–H groups in total. The average molecular weight is 402 g/mol. The quantitative estimate of drug-likeness (QED) is 0.480. The van der Waals surface area contributed by atoms with Gasteiger partial charge in [-0.15, -0.1) is 0 Å². The number of aromatic nitrogens is 2. The van der Waals surface area contributed by atoms with Crippen molar-refractivity contribution in [2.45, 2.75) is 43.9 Å². The molecule has 1 aliphatic heterocycles. The van der Waals surface area contributed by atoms with Crippen molar-refractivity contribution in [2.24, 2.45) is 0 Å². The molecule has 12 heteroatoms. The predicted molar refractivity (Wildman–Crippen MR) is 88.1 cm³/mol. The minimum absolute atomic E-state index is 0.0900. The standard InChI is InChI=1S/C15H18N2O9S/c1-6-10(7(2)26-17-6)9-4-3-8(5-16-9)24-14-12(19)11(18)13(20)15(25-14)27(21,22)23/h3-5,11-15,18-20H,1-2H3,(H,21,22,23)/t11-,12-,13+,14-,15?/m1/s1. The highest BCUT2D eigenvalue weighted by Gasteiger charge is 2.50. The van der Waals surface area contributed by atoms with Crippen LogP contribution in [0, 0.1) is 13.8 Å². The molecular formula is C15H18N2O9S. The van der Waals surface area contributed by atoms with Gasteiger partial charge < -0.3 is 29.3 Å². The van der Waals surface area contributed by atoms with E-state index in [1.807, 2.05) is 0 Å². The topological polar surface area (TPSA) is 172 Å². The summed E-state index contributed by atoms with van der Waals surface area (Å²) < 4.78 is 47.0. The SMILES string of the molecule is Cc1noc(C)c1-c1ccc(O[C@@H]2OC(S(=O)(=O)O)[C@@H](O)[C@H](O)[C@H]2O)cn1. The van der Waals surface area contributed by atoms with Crippen LogP contribution in [-0.2, 0) is 14.9 Å². The number of nitrogens with zero attached hydrogens (tertiary/aromatic N) is 2. The number of hydrogen-bond donors (Lipinski definition) is 4. The Bertz CT molecular complexity index is 892. The molecule has 2 aromatic rings. The maximum Gasteiger partial charge on any atom is 0.295 e. The number of aryl methyl sites for hydroxylation is 2. The van der Waals surface area contributed by atoms with Crippen molar-refractivity contribution in [3.63, 3.8) is 0 Å². The number of pyridine rings is 1. The Kier molecular flexibility index (Phi) is 5.20. The Morgan fingerprint density at radius 2 is 1.81 bits per heavy atom. The van der Waals surface area contributed by atoms with Gasteiger partial charge in [0.1, 0.15) is 29.8 Å². The van der Waals surface area contributed by atoms with Gasteiger partial charge in [-0.2, -0.15) is 8.42 Å². The number of rotatable bonds is 4. The average Bonchev–Trinajstić information content (AvgIpc) is 2.93. The first kappa shape index (κ1) is 19.7. The predicted octanol–water partition coefficient (Wildman–Crippen LogP) is -0.615. The normalized spacial score (nSPS) is 28.9. The van der Waals surface area contributed by atoms with Crippen LogP contribution >= 0.6 is 0 Å². The molecule has 0 aromatic carbocycles. The molecule has 0 spiro atoms. The lowest BCUT2D eigenvalue weighted by atomic mass is 10.1. The van der Waals surface area contributed by atoms with Gasteiger partial charge in [0.05, 0.1) is 23.1 Å². The van der Waals surface area contributed by atoms with E-state index >= 15 is 0 Å². The molecule has 11 nitrogen and oxygen atoms in total. The Balaban J connectivity index is 1.80. The lowest BCUT2D eigenvalue weighted by molar-refractivity contribution is -0.254. The van der Waals surface area contributed by atoms with E-state index < -0.39 is 40.2 Å². The molecule has 3 rings (SSSR count). The van der Waals surface area contributed by atoms with Gasteiger partial charge in [0.2, 0.25) is 11.7 Å². The molecule has 1 unspecified atom stereocenters. The van der Waals surface area contributed by atoms with Gasteiger partial charge in [0.25, 0.3) is 10.1 Å². The third-order valence-electron chi connectivity index (χ3n) is 4.10. The molecule has 2 aromatic heterocycles. The van der Waals surface area contributed by atoms with E-state index in [2.05, 4.69) is 10.1 Å². The lowest BCUT2D eigenvalue weighted by Crippen LogP contribution is -2.61. The van der Waals surface area contributed by atoms with E-state index in [9.17, 15) is 23.7 Å². The molecule has 0 aliphatic carbocycles. The molecule has 5 atom stereocenters. The lowest BCUT2D eigenvalue weighted by Gasteiger charge is -2.38. The Hall–Kier alpha value is -2.09. The minimum atomic E-state index is -4.86. The van der Waals surface area contributed by atoms with Crippen LogP contribution in [0.1, 0.15) is 11.5 Å². The molecule has 0 radical (unpaired) electrons. The highest BCUT2D eigenvalue weighted by atomic mass is 32.2. The van der Waals surface area contributed by atoms with Crippen molar-refractivity contribution in [3.8, 4) is 17.0 Å². The smallest absolute Gasteiger partial charge is 0.295 e. The summed E-state index contributed by atoms with van der Waals surface area (Å²) in [5.41, 5.74) is -0.265. The van der Waals surface area contributed by atoms with E-state index in [0.29, 0.717) is 22.7 Å². The van der Waals surface area contributed by atoms with Gasteiger partial charge in [0, 0.05) is 0 Å². The number of aliphatic hydroxyl groups excluding tert-OH is 3. The van der Waals surface area contributed by atoms with Crippen molar-refractivity contribution in [1.29, 1.82) is 0 Å². The van der Waals surface area contributed by atoms with Gasteiger partial charge >= 0.3 is 0 Å². The summed E-state index contributed by atoms with van der Waals surface area (Å²) in [6.07, 6.45) is -6.10. The van der Waals surface area contributed by atoms with Crippen molar-refractivity contribution in [2.75, 3.05) is 0 Å². The first-order valence-corrected chi connectivity index (χ1v) is 9.32. The molecule has 0 bridgehead atoms. The summed E-state index contributed by atoms with van der Waals surface area (Å²) in [7, 11) is -4.86. The van der Waals surface area contributed by atoms with E-state index in [-0.39, 0.29) is 5.75 Å². The molecular weight excluding hydrogens is 384 g/mol. The molecule has 0 amide bonds. The second kappa shape index (κ2) is 7.14. The zero-order valence-corrected chi connectivity index (χ0v) is 15.1. The Morgan fingerprint density at radius 3 is 2.33 bits per heavy atom. The van der Waals surface area contributed by atoms with Crippen molar-refractivity contribution in [1.82, 2.24) is 10.1 Å². The molecule has 148 valence electrons. The highest BCUT2D eigenvalue weighted by molar-refractivity contribution is 7.86. The first-order chi connectivity index (χ1) is 12.6. The third-order valence-corrected chi connectivity index (χ3v) is 5.07.